The highest BCUT2D eigenvalue weighted by molar-refractivity contribution is 6.99. The van der Waals surface area contributed by atoms with E-state index in [0.29, 0.717) is 0 Å². The average molecular weight is 584 g/mol. The van der Waals surface area contributed by atoms with Crippen LogP contribution in [0.25, 0.3) is 66.1 Å². The van der Waals surface area contributed by atoms with Gasteiger partial charge in [0.25, 0.3) is 6.71 Å². The van der Waals surface area contributed by atoms with Gasteiger partial charge in [0.15, 0.2) is 0 Å². The molecule has 4 heteroatoms. The van der Waals surface area contributed by atoms with Crippen LogP contribution < -0.4 is 21.1 Å². The number of hydrogen-bond donors (Lipinski definition) is 0. The van der Waals surface area contributed by atoms with Crippen molar-refractivity contribution in [2.24, 2.45) is 0 Å². The van der Waals surface area contributed by atoms with Gasteiger partial charge in [0.2, 0.25) is 0 Å². The topological polar surface area (TPSA) is 19.1 Å². The molecule has 212 valence electrons. The Balaban J connectivity index is 1.12. The summed E-state index contributed by atoms with van der Waals surface area (Å²) in [6.07, 6.45) is 0. The second-order valence-corrected chi connectivity index (χ2v) is 12.5. The Hall–Kier alpha value is -6.00. The van der Waals surface area contributed by atoms with E-state index in [1.165, 1.54) is 71.3 Å². The molecule has 0 aliphatic carbocycles. The number of hydrogen-bond acceptors (Lipinski definition) is 1. The zero-order chi connectivity index (χ0) is 29.9. The lowest BCUT2D eigenvalue weighted by molar-refractivity contribution is 0.488. The monoisotopic (exact) mass is 584 g/mol. The summed E-state index contributed by atoms with van der Waals surface area (Å²) >= 11 is 0. The summed E-state index contributed by atoms with van der Waals surface area (Å²) in [6, 6.07) is 55.0. The normalized spacial score (nSPS) is 12.9. The van der Waals surface area contributed by atoms with Gasteiger partial charge in [-0.15, -0.1) is 0 Å². The second kappa shape index (κ2) is 8.80. The molecule has 0 bridgehead atoms. The Morgan fingerprint density at radius 3 is 1.96 bits per heavy atom. The molecule has 0 saturated carbocycles. The molecular formula is C42H25BN2O. The summed E-state index contributed by atoms with van der Waals surface area (Å²) in [5.41, 5.74) is 13.4. The maximum absolute atomic E-state index is 6.83. The predicted octanol–water partition coefficient (Wildman–Crippen LogP) is 8.48. The van der Waals surface area contributed by atoms with Crippen molar-refractivity contribution < 1.29 is 4.74 Å². The Bertz CT molecular complexity index is 2740. The fourth-order valence-corrected chi connectivity index (χ4v) is 8.26. The summed E-state index contributed by atoms with van der Waals surface area (Å²) in [5, 5.41) is 5.07. The molecule has 0 spiro atoms. The zero-order valence-corrected chi connectivity index (χ0v) is 24.8. The molecule has 2 aliphatic rings. The van der Waals surface area contributed by atoms with Crippen LogP contribution in [-0.4, -0.2) is 15.8 Å². The van der Waals surface area contributed by atoms with Gasteiger partial charge in [-0.1, -0.05) is 97.1 Å². The van der Waals surface area contributed by atoms with Crippen LogP contribution in [0.5, 0.6) is 11.5 Å². The lowest BCUT2D eigenvalue weighted by Crippen LogP contribution is -2.58. The molecule has 2 aliphatic heterocycles. The number of nitrogens with zero attached hydrogens (tertiary/aromatic N) is 2. The highest BCUT2D eigenvalue weighted by Gasteiger charge is 2.40. The van der Waals surface area contributed by atoms with Crippen LogP contribution in [0.3, 0.4) is 0 Å². The number of aromatic nitrogens is 2. The van der Waals surface area contributed by atoms with Crippen LogP contribution >= 0.6 is 0 Å². The van der Waals surface area contributed by atoms with Gasteiger partial charge < -0.3 is 13.9 Å². The first kappa shape index (κ1) is 24.3. The molecule has 0 radical (unpaired) electrons. The standard InChI is InChI=1S/C42H25BN2O/c1-2-10-28(11-3-1)44-35-15-7-4-12-29(35)31-20-18-26(24-38(31)44)27-19-22-34-40(25-27)46-39-23-21-32-30-13-5-8-16-36(30)45-37-17-9-6-14-33(37)43(34)41(39)42(32)45/h1-25H. The molecule has 0 N–H and O–H groups in total. The minimum Gasteiger partial charge on any atom is -0.458 e. The van der Waals surface area contributed by atoms with Crippen LogP contribution in [0.2, 0.25) is 0 Å². The van der Waals surface area contributed by atoms with E-state index >= 15 is 0 Å². The Labute approximate surface area is 265 Å². The Kier molecular flexibility index (Phi) is 4.66. The third kappa shape index (κ3) is 3.08. The van der Waals surface area contributed by atoms with E-state index in [2.05, 4.69) is 161 Å². The summed E-state index contributed by atoms with van der Waals surface area (Å²) in [4.78, 5) is 0. The molecule has 2 aromatic heterocycles. The predicted molar refractivity (Wildman–Crippen MR) is 192 cm³/mol. The van der Waals surface area contributed by atoms with E-state index in [0.717, 1.165) is 22.7 Å². The van der Waals surface area contributed by atoms with Gasteiger partial charge in [-0.2, -0.15) is 0 Å². The van der Waals surface area contributed by atoms with Crippen molar-refractivity contribution in [3.05, 3.63) is 152 Å². The molecule has 0 amide bonds. The molecule has 0 fully saturated rings. The molecule has 9 aromatic rings. The maximum Gasteiger partial charge on any atom is 0.256 e. The fraction of sp³-hybridized carbons (Fsp3) is 0. The van der Waals surface area contributed by atoms with Crippen molar-refractivity contribution in [1.82, 2.24) is 9.13 Å². The molecule has 0 atom stereocenters. The smallest absolute Gasteiger partial charge is 0.256 e. The summed E-state index contributed by atoms with van der Waals surface area (Å²) in [5.74, 6) is 1.87. The first-order chi connectivity index (χ1) is 22.8. The molecule has 46 heavy (non-hydrogen) atoms. The van der Waals surface area contributed by atoms with Crippen molar-refractivity contribution >= 4 is 66.7 Å². The molecule has 11 rings (SSSR count). The zero-order valence-electron chi connectivity index (χ0n) is 24.8. The molecule has 3 nitrogen and oxygen atoms in total. The molecule has 7 aromatic carbocycles. The third-order valence-corrected chi connectivity index (χ3v) is 10.2. The van der Waals surface area contributed by atoms with Gasteiger partial charge >= 0.3 is 0 Å². The lowest BCUT2D eigenvalue weighted by Gasteiger charge is -2.33. The van der Waals surface area contributed by atoms with Crippen LogP contribution in [0, 0.1) is 0 Å². The number of rotatable bonds is 2. The van der Waals surface area contributed by atoms with E-state index in [9.17, 15) is 0 Å². The highest BCUT2D eigenvalue weighted by Crippen LogP contribution is 2.40. The maximum atomic E-state index is 6.83. The van der Waals surface area contributed by atoms with Gasteiger partial charge in [-0.05, 0) is 82.1 Å². The molecule has 4 heterocycles. The third-order valence-electron chi connectivity index (χ3n) is 10.2. The Morgan fingerprint density at radius 2 is 1.09 bits per heavy atom. The minimum absolute atomic E-state index is 0.104. The molecule has 0 unspecified atom stereocenters. The molecular weight excluding hydrogens is 559 g/mol. The quantitative estimate of drug-likeness (QED) is 0.187. The minimum atomic E-state index is 0.104. The Morgan fingerprint density at radius 1 is 0.435 bits per heavy atom. The number of fused-ring (bicyclic) bond motifs is 11. The number of benzene rings is 7. The van der Waals surface area contributed by atoms with Gasteiger partial charge in [0.05, 0.1) is 22.1 Å². The van der Waals surface area contributed by atoms with Crippen LogP contribution in [0.1, 0.15) is 0 Å². The fourth-order valence-electron chi connectivity index (χ4n) is 8.26. The average Bonchev–Trinajstić information content (AvgIpc) is 3.64. The van der Waals surface area contributed by atoms with Crippen molar-refractivity contribution in [1.29, 1.82) is 0 Å². The van der Waals surface area contributed by atoms with E-state index in [1.54, 1.807) is 0 Å². The van der Waals surface area contributed by atoms with Gasteiger partial charge in [0.1, 0.15) is 11.5 Å². The van der Waals surface area contributed by atoms with E-state index in [4.69, 9.17) is 4.74 Å². The van der Waals surface area contributed by atoms with Gasteiger partial charge in [-0.25, -0.2) is 0 Å². The first-order valence-electron chi connectivity index (χ1n) is 15.9. The van der Waals surface area contributed by atoms with Gasteiger partial charge in [-0.3, -0.25) is 0 Å². The summed E-state index contributed by atoms with van der Waals surface area (Å²) in [7, 11) is 0. The van der Waals surface area contributed by atoms with Crippen molar-refractivity contribution in [2.75, 3.05) is 0 Å². The van der Waals surface area contributed by atoms with E-state index in [1.807, 2.05) is 0 Å². The number of ether oxygens (including phenoxy) is 1. The van der Waals surface area contributed by atoms with Crippen LogP contribution in [0.4, 0.5) is 0 Å². The molecule has 0 saturated heterocycles. The van der Waals surface area contributed by atoms with Gasteiger partial charge in [0, 0.05) is 32.9 Å². The van der Waals surface area contributed by atoms with E-state index in [-0.39, 0.29) is 6.71 Å². The van der Waals surface area contributed by atoms with Crippen molar-refractivity contribution in [3.63, 3.8) is 0 Å². The largest absolute Gasteiger partial charge is 0.458 e. The number of para-hydroxylation sites is 4. The lowest BCUT2D eigenvalue weighted by atomic mass is 9.34. The van der Waals surface area contributed by atoms with E-state index < -0.39 is 0 Å². The van der Waals surface area contributed by atoms with Crippen LogP contribution in [0.15, 0.2) is 152 Å². The summed E-state index contributed by atoms with van der Waals surface area (Å²) < 4.78 is 11.6. The highest BCUT2D eigenvalue weighted by atomic mass is 16.5. The summed E-state index contributed by atoms with van der Waals surface area (Å²) in [6.45, 7) is 0.104. The second-order valence-electron chi connectivity index (χ2n) is 12.5. The first-order valence-corrected chi connectivity index (χ1v) is 15.9. The van der Waals surface area contributed by atoms with Crippen molar-refractivity contribution in [2.45, 2.75) is 0 Å². The van der Waals surface area contributed by atoms with Crippen molar-refractivity contribution in [3.8, 4) is 34.0 Å². The van der Waals surface area contributed by atoms with Crippen LogP contribution in [-0.2, 0) is 0 Å². The SMILES string of the molecule is c1ccc(-n2c3ccccc3c3ccc(-c4ccc5c(c4)Oc4ccc6c7ccccc7n7c6c4B5c4ccccc4-7)cc32)cc1.